The molecule has 3 aromatic rings. The Balaban J connectivity index is 1.74. The van der Waals surface area contributed by atoms with Crippen molar-refractivity contribution >= 4 is 17.5 Å². The Labute approximate surface area is 185 Å². The monoisotopic (exact) mass is 428 g/mol. The average molecular weight is 428 g/mol. The zero-order valence-electron chi connectivity index (χ0n) is 18.1. The molecular formula is C26H24N2O4. The van der Waals surface area contributed by atoms with Gasteiger partial charge in [0.2, 0.25) is 0 Å². The van der Waals surface area contributed by atoms with Crippen molar-refractivity contribution < 1.29 is 14.4 Å². The number of para-hydroxylation sites is 1. The number of hydrogen-bond acceptors (Lipinski definition) is 4. The molecule has 1 heterocycles. The van der Waals surface area contributed by atoms with E-state index in [4.69, 9.17) is 0 Å². The number of nitrogens with zero attached hydrogens (tertiary/aromatic N) is 1. The molecule has 0 atom stereocenters. The third-order valence-electron chi connectivity index (χ3n) is 5.65. The topological polar surface area (TPSA) is 85.2 Å². The fourth-order valence-corrected chi connectivity index (χ4v) is 4.11. The molecule has 0 saturated heterocycles. The predicted octanol–water partition coefficient (Wildman–Crippen LogP) is 3.61. The number of Topliss-reactive ketones (excluding diaryl/α,β-unsaturated/α-hetero) is 2. The van der Waals surface area contributed by atoms with Crippen molar-refractivity contribution in [3.8, 4) is 5.69 Å². The van der Waals surface area contributed by atoms with Gasteiger partial charge < -0.3 is 5.32 Å². The van der Waals surface area contributed by atoms with Crippen molar-refractivity contribution in [1.29, 1.82) is 0 Å². The molecule has 1 aliphatic carbocycles. The van der Waals surface area contributed by atoms with Gasteiger partial charge in [0.1, 0.15) is 5.56 Å². The maximum absolute atomic E-state index is 13.4. The molecular weight excluding hydrogens is 404 g/mol. The van der Waals surface area contributed by atoms with Gasteiger partial charge in [-0.3, -0.25) is 23.7 Å². The van der Waals surface area contributed by atoms with Crippen molar-refractivity contribution in [2.45, 2.75) is 26.7 Å². The fourth-order valence-electron chi connectivity index (χ4n) is 4.11. The largest absolute Gasteiger partial charge is 0.344 e. The molecule has 0 radical (unpaired) electrons. The number of carbonyl (C=O) groups excluding carboxylic acids is 3. The van der Waals surface area contributed by atoms with Crippen molar-refractivity contribution in [3.05, 3.63) is 99.5 Å². The lowest BCUT2D eigenvalue weighted by Gasteiger charge is -2.32. The Bertz CT molecular complexity index is 1260. The molecule has 1 aromatic heterocycles. The van der Waals surface area contributed by atoms with Crippen LogP contribution in [0.1, 0.15) is 57.0 Å². The van der Waals surface area contributed by atoms with Crippen LogP contribution in [-0.2, 0) is 6.42 Å². The number of amides is 1. The Morgan fingerprint density at radius 3 is 2.22 bits per heavy atom. The van der Waals surface area contributed by atoms with Gasteiger partial charge in [-0.15, -0.1) is 0 Å². The van der Waals surface area contributed by atoms with Crippen LogP contribution in [0.15, 0.2) is 71.5 Å². The number of rotatable bonds is 5. The van der Waals surface area contributed by atoms with E-state index < -0.39 is 11.5 Å². The van der Waals surface area contributed by atoms with E-state index in [1.54, 1.807) is 54.6 Å². The van der Waals surface area contributed by atoms with E-state index in [1.807, 2.05) is 19.9 Å². The maximum Gasteiger partial charge on any atom is 0.268 e. The van der Waals surface area contributed by atoms with Crippen LogP contribution in [0, 0.1) is 5.41 Å². The highest BCUT2D eigenvalue weighted by Gasteiger charge is 2.35. The standard InChI is InChI=1S/C26H24N2O4/c1-26(2)14-21-19(22(29)15-26)13-20(25(32)28(21)18-11-7-4-8-12-18)24(31)27-16-23(30)17-9-5-3-6-10-17/h3-13H,14-16H2,1-2H3,(H,27,31). The normalized spacial score (nSPS) is 14.5. The highest BCUT2D eigenvalue weighted by Crippen LogP contribution is 2.35. The van der Waals surface area contributed by atoms with Crippen LogP contribution in [0.2, 0.25) is 0 Å². The van der Waals surface area contributed by atoms with Crippen LogP contribution in [-0.4, -0.2) is 28.6 Å². The van der Waals surface area contributed by atoms with Crippen LogP contribution in [0.3, 0.4) is 0 Å². The lowest BCUT2D eigenvalue weighted by molar-refractivity contribution is 0.0898. The van der Waals surface area contributed by atoms with E-state index in [2.05, 4.69) is 5.32 Å². The summed E-state index contributed by atoms with van der Waals surface area (Å²) in [6, 6.07) is 19.0. The highest BCUT2D eigenvalue weighted by molar-refractivity contribution is 6.04. The van der Waals surface area contributed by atoms with Gasteiger partial charge in [0, 0.05) is 28.9 Å². The van der Waals surface area contributed by atoms with E-state index in [9.17, 15) is 19.2 Å². The van der Waals surface area contributed by atoms with Crippen molar-refractivity contribution in [1.82, 2.24) is 9.88 Å². The third kappa shape index (κ3) is 4.17. The molecule has 6 heteroatoms. The second-order valence-electron chi connectivity index (χ2n) is 8.81. The first kappa shape index (κ1) is 21.4. The highest BCUT2D eigenvalue weighted by atomic mass is 16.2. The van der Waals surface area contributed by atoms with Gasteiger partial charge >= 0.3 is 0 Å². The van der Waals surface area contributed by atoms with Crippen molar-refractivity contribution in [2.24, 2.45) is 5.41 Å². The predicted molar refractivity (Wildman–Crippen MR) is 122 cm³/mol. The van der Waals surface area contributed by atoms with Crippen LogP contribution < -0.4 is 10.9 Å². The maximum atomic E-state index is 13.4. The van der Waals surface area contributed by atoms with Crippen LogP contribution in [0.25, 0.3) is 5.69 Å². The molecule has 0 aliphatic heterocycles. The molecule has 1 aliphatic rings. The zero-order valence-corrected chi connectivity index (χ0v) is 18.1. The first-order chi connectivity index (χ1) is 15.3. The minimum absolute atomic E-state index is 0.102. The Morgan fingerprint density at radius 2 is 1.56 bits per heavy atom. The summed E-state index contributed by atoms with van der Waals surface area (Å²) in [5, 5.41) is 2.54. The van der Waals surface area contributed by atoms with Gasteiger partial charge in [0.15, 0.2) is 11.6 Å². The second-order valence-corrected chi connectivity index (χ2v) is 8.81. The van der Waals surface area contributed by atoms with Crippen molar-refractivity contribution in [2.75, 3.05) is 6.54 Å². The summed E-state index contributed by atoms with van der Waals surface area (Å²) < 4.78 is 1.46. The lowest BCUT2D eigenvalue weighted by Crippen LogP contribution is -2.39. The molecule has 32 heavy (non-hydrogen) atoms. The van der Waals surface area contributed by atoms with Crippen LogP contribution >= 0.6 is 0 Å². The Hall–Kier alpha value is -3.80. The van der Waals surface area contributed by atoms with Gasteiger partial charge in [0.25, 0.3) is 11.5 Å². The summed E-state index contributed by atoms with van der Waals surface area (Å²) >= 11 is 0. The van der Waals surface area contributed by atoms with Crippen LogP contribution in [0.4, 0.5) is 0 Å². The molecule has 2 aromatic carbocycles. The molecule has 0 saturated carbocycles. The summed E-state index contributed by atoms with van der Waals surface area (Å²) in [6.07, 6.45) is 0.868. The van der Waals surface area contributed by atoms with Crippen LogP contribution in [0.5, 0.6) is 0 Å². The van der Waals surface area contributed by atoms with E-state index in [0.29, 0.717) is 35.3 Å². The van der Waals surface area contributed by atoms with E-state index >= 15 is 0 Å². The number of aromatic nitrogens is 1. The van der Waals surface area contributed by atoms with Gasteiger partial charge in [-0.25, -0.2) is 0 Å². The minimum Gasteiger partial charge on any atom is -0.344 e. The molecule has 1 amide bonds. The summed E-state index contributed by atoms with van der Waals surface area (Å²) in [7, 11) is 0. The molecule has 162 valence electrons. The average Bonchev–Trinajstić information content (AvgIpc) is 2.77. The number of carbonyl (C=O) groups is 3. The van der Waals surface area contributed by atoms with E-state index in [0.717, 1.165) is 0 Å². The first-order valence-corrected chi connectivity index (χ1v) is 10.5. The Kier molecular flexibility index (Phi) is 5.61. The molecule has 0 bridgehead atoms. The number of pyridine rings is 1. The number of benzene rings is 2. The van der Waals surface area contributed by atoms with Gasteiger partial charge in [-0.05, 0) is 30.0 Å². The second kappa shape index (κ2) is 8.38. The van der Waals surface area contributed by atoms with Gasteiger partial charge in [-0.2, -0.15) is 0 Å². The summed E-state index contributed by atoms with van der Waals surface area (Å²) in [5.41, 5.74) is 1.10. The number of ketones is 2. The fraction of sp³-hybridized carbons (Fsp3) is 0.231. The molecule has 0 unspecified atom stereocenters. The quantitative estimate of drug-likeness (QED) is 0.629. The smallest absolute Gasteiger partial charge is 0.268 e. The lowest BCUT2D eigenvalue weighted by atomic mass is 9.75. The van der Waals surface area contributed by atoms with Gasteiger partial charge in [-0.1, -0.05) is 62.4 Å². The number of hydrogen-bond donors (Lipinski definition) is 1. The van der Waals surface area contributed by atoms with Crippen molar-refractivity contribution in [3.63, 3.8) is 0 Å². The molecule has 0 fully saturated rings. The molecule has 0 spiro atoms. The van der Waals surface area contributed by atoms with E-state index in [1.165, 1.54) is 10.6 Å². The summed E-state index contributed by atoms with van der Waals surface area (Å²) in [6.45, 7) is 3.73. The third-order valence-corrected chi connectivity index (χ3v) is 5.65. The van der Waals surface area contributed by atoms with E-state index in [-0.39, 0.29) is 29.1 Å². The summed E-state index contributed by atoms with van der Waals surface area (Å²) in [5.74, 6) is -1.04. The first-order valence-electron chi connectivity index (χ1n) is 10.5. The molecule has 6 nitrogen and oxygen atoms in total. The zero-order chi connectivity index (χ0) is 22.9. The van der Waals surface area contributed by atoms with Gasteiger partial charge in [0.05, 0.1) is 6.54 Å². The summed E-state index contributed by atoms with van der Waals surface area (Å²) in [4.78, 5) is 51.6. The SMILES string of the molecule is CC1(C)CC(=O)c2cc(C(=O)NCC(=O)c3ccccc3)c(=O)n(-c3ccccc3)c2C1. The number of nitrogens with one attached hydrogen (secondary N) is 1. The molecule has 1 N–H and O–H groups in total. The molecule has 4 rings (SSSR count). The number of fused-ring (bicyclic) bond motifs is 1. The Morgan fingerprint density at radius 1 is 0.938 bits per heavy atom. The minimum atomic E-state index is -0.676.